The molecule has 5 heteroatoms. The summed E-state index contributed by atoms with van der Waals surface area (Å²) in [6.45, 7) is 5.50. The number of rotatable bonds is 3. The van der Waals surface area contributed by atoms with Gasteiger partial charge in [0.25, 0.3) is 0 Å². The zero-order chi connectivity index (χ0) is 12.2. The molecular formula is C13H21Cl2NO2. The molecule has 0 fully saturated rings. The van der Waals surface area contributed by atoms with E-state index in [1.165, 1.54) is 0 Å². The summed E-state index contributed by atoms with van der Waals surface area (Å²) in [5.41, 5.74) is 6.34. The lowest BCUT2D eigenvalue weighted by Gasteiger charge is -2.22. The van der Waals surface area contributed by atoms with Gasteiger partial charge in [0.15, 0.2) is 0 Å². The van der Waals surface area contributed by atoms with Crippen LogP contribution in [0.1, 0.15) is 26.3 Å². The number of benzene rings is 1. The fourth-order valence-electron chi connectivity index (χ4n) is 1.33. The Kier molecular flexibility index (Phi) is 9.08. The smallest absolute Gasteiger partial charge is 0.323 e. The van der Waals surface area contributed by atoms with Crippen molar-refractivity contribution < 1.29 is 9.53 Å². The highest BCUT2D eigenvalue weighted by Crippen LogP contribution is 2.10. The molecule has 0 spiro atoms. The topological polar surface area (TPSA) is 52.3 Å². The molecule has 0 aromatic heterocycles. The van der Waals surface area contributed by atoms with Gasteiger partial charge in [-0.2, -0.15) is 0 Å². The Labute approximate surface area is 121 Å². The number of carbonyl (C=O) groups is 1. The Morgan fingerprint density at radius 2 is 1.72 bits per heavy atom. The van der Waals surface area contributed by atoms with Gasteiger partial charge < -0.3 is 10.5 Å². The lowest BCUT2D eigenvalue weighted by atomic mass is 10.1. The second-order valence-corrected chi connectivity index (χ2v) is 4.83. The number of carbonyl (C=O) groups excluding carboxylic acids is 1. The fourth-order valence-corrected chi connectivity index (χ4v) is 1.33. The van der Waals surface area contributed by atoms with Gasteiger partial charge in [-0.15, -0.1) is 24.8 Å². The first kappa shape index (κ1) is 19.6. The number of ether oxygens (including phenoxy) is 1. The van der Waals surface area contributed by atoms with Crippen molar-refractivity contribution in [3.05, 3.63) is 35.9 Å². The minimum atomic E-state index is -0.596. The Bertz CT molecular complexity index is 350. The van der Waals surface area contributed by atoms with Gasteiger partial charge in [0.05, 0.1) is 0 Å². The molecule has 0 unspecified atom stereocenters. The maximum absolute atomic E-state index is 11.6. The van der Waals surface area contributed by atoms with E-state index in [1.807, 2.05) is 51.1 Å². The van der Waals surface area contributed by atoms with Crippen LogP contribution in [0.2, 0.25) is 0 Å². The first-order chi connectivity index (χ1) is 7.38. The molecule has 0 amide bonds. The van der Waals surface area contributed by atoms with E-state index in [-0.39, 0.29) is 30.8 Å². The molecule has 0 aliphatic rings. The molecular weight excluding hydrogens is 273 g/mol. The Balaban J connectivity index is 0. The summed E-state index contributed by atoms with van der Waals surface area (Å²) in [7, 11) is 0. The van der Waals surface area contributed by atoms with Crippen molar-refractivity contribution in [2.45, 2.75) is 38.8 Å². The molecule has 1 aromatic rings. The second kappa shape index (κ2) is 8.35. The maximum atomic E-state index is 11.6. The molecule has 1 atom stereocenters. The minimum absolute atomic E-state index is 0. The van der Waals surface area contributed by atoms with E-state index in [9.17, 15) is 4.79 Å². The molecule has 1 aromatic carbocycles. The van der Waals surface area contributed by atoms with Crippen LogP contribution >= 0.6 is 24.8 Å². The summed E-state index contributed by atoms with van der Waals surface area (Å²) in [4.78, 5) is 11.6. The summed E-state index contributed by atoms with van der Waals surface area (Å²) in [6.07, 6.45) is 0.510. The van der Waals surface area contributed by atoms with E-state index in [1.54, 1.807) is 0 Å². The number of hydrogen-bond donors (Lipinski definition) is 1. The van der Waals surface area contributed by atoms with Crippen LogP contribution in [0.15, 0.2) is 30.3 Å². The fraction of sp³-hybridized carbons (Fsp3) is 0.462. The van der Waals surface area contributed by atoms with Crippen LogP contribution in [0.5, 0.6) is 0 Å². The molecule has 3 nitrogen and oxygen atoms in total. The van der Waals surface area contributed by atoms with Gasteiger partial charge in [-0.25, -0.2) is 0 Å². The minimum Gasteiger partial charge on any atom is -0.459 e. The predicted molar refractivity (Wildman–Crippen MR) is 78.5 cm³/mol. The summed E-state index contributed by atoms with van der Waals surface area (Å²) < 4.78 is 5.21. The van der Waals surface area contributed by atoms with Crippen LogP contribution in [0, 0.1) is 0 Å². The van der Waals surface area contributed by atoms with Crippen molar-refractivity contribution in [3.8, 4) is 0 Å². The molecule has 0 radical (unpaired) electrons. The third-order valence-corrected chi connectivity index (χ3v) is 2.01. The van der Waals surface area contributed by atoms with Gasteiger partial charge >= 0.3 is 5.97 Å². The normalized spacial score (nSPS) is 11.8. The molecule has 0 aliphatic carbocycles. The zero-order valence-electron chi connectivity index (χ0n) is 10.9. The zero-order valence-corrected chi connectivity index (χ0v) is 12.5. The average molecular weight is 294 g/mol. The Morgan fingerprint density at radius 1 is 1.22 bits per heavy atom. The molecule has 0 saturated carbocycles. The van der Waals surface area contributed by atoms with Crippen LogP contribution in [0.25, 0.3) is 0 Å². The third kappa shape index (κ3) is 7.54. The highest BCUT2D eigenvalue weighted by molar-refractivity contribution is 5.85. The first-order valence-corrected chi connectivity index (χ1v) is 5.41. The van der Waals surface area contributed by atoms with Crippen LogP contribution in [0.4, 0.5) is 0 Å². The van der Waals surface area contributed by atoms with E-state index in [4.69, 9.17) is 10.5 Å². The van der Waals surface area contributed by atoms with E-state index < -0.39 is 11.6 Å². The van der Waals surface area contributed by atoms with E-state index in [2.05, 4.69) is 0 Å². The van der Waals surface area contributed by atoms with Crippen LogP contribution in [-0.2, 0) is 16.0 Å². The van der Waals surface area contributed by atoms with Gasteiger partial charge in [-0.05, 0) is 32.8 Å². The molecule has 0 saturated heterocycles. The maximum Gasteiger partial charge on any atom is 0.323 e. The van der Waals surface area contributed by atoms with Crippen LogP contribution in [0.3, 0.4) is 0 Å². The van der Waals surface area contributed by atoms with Crippen molar-refractivity contribution in [1.82, 2.24) is 0 Å². The summed E-state index contributed by atoms with van der Waals surface area (Å²) >= 11 is 0. The molecule has 2 N–H and O–H groups in total. The van der Waals surface area contributed by atoms with Crippen LogP contribution in [-0.4, -0.2) is 17.6 Å². The van der Waals surface area contributed by atoms with Gasteiger partial charge in [0, 0.05) is 0 Å². The quantitative estimate of drug-likeness (QED) is 0.872. The van der Waals surface area contributed by atoms with Crippen molar-refractivity contribution in [1.29, 1.82) is 0 Å². The summed E-state index contributed by atoms with van der Waals surface area (Å²) in [6, 6.07) is 9.09. The molecule has 0 heterocycles. The van der Waals surface area contributed by atoms with Crippen molar-refractivity contribution in [2.75, 3.05) is 0 Å². The van der Waals surface area contributed by atoms with E-state index >= 15 is 0 Å². The predicted octanol–water partition coefficient (Wildman–Crippen LogP) is 2.74. The Morgan fingerprint density at radius 3 is 2.17 bits per heavy atom. The first-order valence-electron chi connectivity index (χ1n) is 5.41. The van der Waals surface area contributed by atoms with Gasteiger partial charge in [-0.1, -0.05) is 30.3 Å². The average Bonchev–Trinajstić information content (AvgIpc) is 2.16. The molecule has 0 aliphatic heterocycles. The lowest BCUT2D eigenvalue weighted by Crippen LogP contribution is -2.38. The number of nitrogens with two attached hydrogens (primary N) is 1. The molecule has 0 bridgehead atoms. The standard InChI is InChI=1S/C13H19NO2.2ClH/c1-13(2,3)16-12(15)11(14)9-10-7-5-4-6-8-10;;/h4-8,11H,9,14H2,1-3H3;2*1H/t11-;;/m0../s1. The van der Waals surface area contributed by atoms with Crippen LogP contribution < -0.4 is 5.73 Å². The van der Waals surface area contributed by atoms with Crippen molar-refractivity contribution in [3.63, 3.8) is 0 Å². The Hall–Kier alpha value is -0.770. The lowest BCUT2D eigenvalue weighted by molar-refractivity contribution is -0.156. The molecule has 18 heavy (non-hydrogen) atoms. The number of halogens is 2. The number of esters is 1. The summed E-state index contributed by atoms with van der Waals surface area (Å²) in [5.74, 6) is -0.351. The molecule has 104 valence electrons. The largest absolute Gasteiger partial charge is 0.459 e. The highest BCUT2D eigenvalue weighted by Gasteiger charge is 2.22. The number of hydrogen-bond acceptors (Lipinski definition) is 3. The monoisotopic (exact) mass is 293 g/mol. The van der Waals surface area contributed by atoms with Gasteiger partial charge in [0.2, 0.25) is 0 Å². The van der Waals surface area contributed by atoms with E-state index in [0.717, 1.165) is 5.56 Å². The third-order valence-electron chi connectivity index (χ3n) is 2.01. The van der Waals surface area contributed by atoms with Crippen molar-refractivity contribution in [2.24, 2.45) is 5.73 Å². The van der Waals surface area contributed by atoms with Gasteiger partial charge in [-0.3, -0.25) is 4.79 Å². The van der Waals surface area contributed by atoms with E-state index in [0.29, 0.717) is 6.42 Å². The van der Waals surface area contributed by atoms with Crippen molar-refractivity contribution >= 4 is 30.8 Å². The molecule has 1 rings (SSSR count). The highest BCUT2D eigenvalue weighted by atomic mass is 35.5. The van der Waals surface area contributed by atoms with Gasteiger partial charge in [0.1, 0.15) is 11.6 Å². The summed E-state index contributed by atoms with van der Waals surface area (Å²) in [5, 5.41) is 0. The SMILES string of the molecule is CC(C)(C)OC(=O)[C@@H](N)Cc1ccccc1.Cl.Cl. The second-order valence-electron chi connectivity index (χ2n) is 4.83.